The first-order valence-electron chi connectivity index (χ1n) is 8.28. The molecule has 3 rings (SSSR count). The predicted molar refractivity (Wildman–Crippen MR) is 82.3 cm³/mol. The van der Waals surface area contributed by atoms with Crippen molar-refractivity contribution in [3.05, 3.63) is 0 Å². The van der Waals surface area contributed by atoms with E-state index in [1.165, 1.54) is 0 Å². The number of hydrogen-bond donors (Lipinski definition) is 0. The van der Waals surface area contributed by atoms with Crippen LogP contribution in [-0.4, -0.2) is 87.8 Å². The molecule has 24 heavy (non-hydrogen) atoms. The molecule has 0 bridgehead atoms. The average molecular weight is 345 g/mol. The van der Waals surface area contributed by atoms with E-state index in [0.717, 1.165) is 0 Å². The molecule has 0 aliphatic carbocycles. The average Bonchev–Trinajstić information content (AvgIpc) is 2.97. The van der Waals surface area contributed by atoms with Gasteiger partial charge < -0.3 is 28.4 Å². The lowest BCUT2D eigenvalue weighted by Crippen LogP contribution is -2.40. The molecule has 5 atom stereocenters. The van der Waals surface area contributed by atoms with Gasteiger partial charge in [-0.15, -0.1) is 0 Å². The zero-order valence-corrected chi connectivity index (χ0v) is 14.7. The Bertz CT molecular complexity index is 458. The van der Waals surface area contributed by atoms with Gasteiger partial charge in [0.2, 0.25) is 0 Å². The fourth-order valence-electron chi connectivity index (χ4n) is 3.84. The van der Waals surface area contributed by atoms with Crippen LogP contribution >= 0.6 is 0 Å². The van der Waals surface area contributed by atoms with Crippen LogP contribution in [0.4, 0.5) is 0 Å². The summed E-state index contributed by atoms with van der Waals surface area (Å²) in [6.45, 7) is 5.29. The quantitative estimate of drug-likeness (QED) is 0.630. The summed E-state index contributed by atoms with van der Waals surface area (Å²) in [4.78, 5) is 14.9. The highest BCUT2D eigenvalue weighted by Crippen LogP contribution is 2.36. The van der Waals surface area contributed by atoms with Gasteiger partial charge in [-0.2, -0.15) is 0 Å². The molecule has 138 valence electrons. The monoisotopic (exact) mass is 345 g/mol. The molecule has 3 aliphatic rings. The van der Waals surface area contributed by atoms with Crippen LogP contribution in [0.25, 0.3) is 0 Å². The fourth-order valence-corrected chi connectivity index (χ4v) is 3.84. The number of carbonyl (C=O) groups excluding carboxylic acids is 1. The van der Waals surface area contributed by atoms with Crippen LogP contribution in [0.3, 0.4) is 0 Å². The van der Waals surface area contributed by atoms with Crippen LogP contribution in [-0.2, 0) is 33.2 Å². The normalized spacial score (nSPS) is 38.8. The zero-order chi connectivity index (χ0) is 17.3. The summed E-state index contributed by atoms with van der Waals surface area (Å²) in [6.07, 6.45) is -0.851. The number of methoxy groups -OCH3 is 2. The smallest absolute Gasteiger partial charge is 0.166 e. The molecule has 0 aromatic carbocycles. The van der Waals surface area contributed by atoms with Crippen LogP contribution in [0.2, 0.25) is 0 Å². The number of nitrogens with zero attached hydrogens (tertiary/aromatic N) is 1. The van der Waals surface area contributed by atoms with E-state index in [2.05, 4.69) is 4.90 Å². The Balaban J connectivity index is 1.74. The second-order valence-corrected chi connectivity index (χ2v) is 6.94. The SMILES string of the molecule is COCO[C@@H]1[C@@H](OCOC)CN2C[C@@H]3OC(C)(C)O[C@@H]3C(=O)C[C@@H]12. The summed E-state index contributed by atoms with van der Waals surface area (Å²) in [7, 11) is 3.16. The highest BCUT2D eigenvalue weighted by molar-refractivity contribution is 5.85. The summed E-state index contributed by atoms with van der Waals surface area (Å²) in [5.74, 6) is -0.674. The molecule has 0 aromatic rings. The molecular weight excluding hydrogens is 318 g/mol. The van der Waals surface area contributed by atoms with Gasteiger partial charge in [0.1, 0.15) is 38.0 Å². The molecule has 3 fully saturated rings. The van der Waals surface area contributed by atoms with Crippen molar-refractivity contribution in [3.8, 4) is 0 Å². The van der Waals surface area contributed by atoms with Crippen molar-refractivity contribution < 1.29 is 33.2 Å². The van der Waals surface area contributed by atoms with Crippen LogP contribution in [0.5, 0.6) is 0 Å². The van der Waals surface area contributed by atoms with E-state index in [4.69, 9.17) is 28.4 Å². The minimum Gasteiger partial charge on any atom is -0.359 e. The van der Waals surface area contributed by atoms with Crippen molar-refractivity contribution in [2.24, 2.45) is 0 Å². The Morgan fingerprint density at radius 2 is 1.83 bits per heavy atom. The molecule has 0 unspecified atom stereocenters. The number of rotatable bonds is 6. The molecule has 8 nitrogen and oxygen atoms in total. The van der Waals surface area contributed by atoms with Gasteiger partial charge in [0.15, 0.2) is 11.6 Å². The van der Waals surface area contributed by atoms with Gasteiger partial charge in [0.25, 0.3) is 0 Å². The lowest BCUT2D eigenvalue weighted by atomic mass is 10.0. The molecule has 0 amide bonds. The van der Waals surface area contributed by atoms with E-state index in [-0.39, 0.29) is 43.7 Å². The summed E-state index contributed by atoms with van der Waals surface area (Å²) < 4.78 is 33.4. The number of carbonyl (C=O) groups is 1. The van der Waals surface area contributed by atoms with Gasteiger partial charge in [-0.3, -0.25) is 9.69 Å². The van der Waals surface area contributed by atoms with Crippen LogP contribution in [0.1, 0.15) is 20.3 Å². The molecule has 0 saturated carbocycles. The summed E-state index contributed by atoms with van der Waals surface area (Å²) in [6, 6.07) is -0.0737. The number of Topliss-reactive ketones (excluding diaryl/α,β-unsaturated/α-hetero) is 1. The molecule has 0 aromatic heterocycles. The summed E-state index contributed by atoms with van der Waals surface area (Å²) in [5.41, 5.74) is 0. The Kier molecular flexibility index (Phi) is 5.55. The van der Waals surface area contributed by atoms with Gasteiger partial charge in [0.05, 0.1) is 0 Å². The van der Waals surface area contributed by atoms with Gasteiger partial charge in [-0.1, -0.05) is 0 Å². The third-order valence-electron chi connectivity index (χ3n) is 4.73. The van der Waals surface area contributed by atoms with Crippen LogP contribution in [0.15, 0.2) is 0 Å². The Morgan fingerprint density at radius 1 is 1.12 bits per heavy atom. The van der Waals surface area contributed by atoms with Gasteiger partial charge in [-0.25, -0.2) is 0 Å². The Hall–Kier alpha value is -0.610. The highest BCUT2D eigenvalue weighted by atomic mass is 16.8. The molecule has 0 spiro atoms. The predicted octanol–water partition coefficient (Wildman–Crippen LogP) is 0.142. The van der Waals surface area contributed by atoms with Crippen LogP contribution in [0, 0.1) is 0 Å². The molecule has 0 radical (unpaired) electrons. The van der Waals surface area contributed by atoms with Gasteiger partial charge in [-0.05, 0) is 13.8 Å². The standard InChI is InChI=1S/C16H27NO7/c1-16(2)23-13-7-17-6-12(21-8-19-3)14(22-9-20-4)10(17)5-11(18)15(13)24-16/h10,12-15H,5-9H2,1-4H3/t10-,12-,13-,14-,15+/m0/s1. The topological polar surface area (TPSA) is 75.7 Å². The number of hydrogen-bond acceptors (Lipinski definition) is 8. The fraction of sp³-hybridized carbons (Fsp3) is 0.938. The molecular formula is C16H27NO7. The molecule has 3 aliphatic heterocycles. The number of fused-ring (bicyclic) bond motifs is 2. The highest BCUT2D eigenvalue weighted by Gasteiger charge is 2.53. The number of ether oxygens (including phenoxy) is 6. The second kappa shape index (κ2) is 7.33. The largest absolute Gasteiger partial charge is 0.359 e. The minimum atomic E-state index is -0.727. The molecule has 3 heterocycles. The third kappa shape index (κ3) is 3.65. The maximum absolute atomic E-state index is 12.7. The van der Waals surface area contributed by atoms with E-state index in [0.29, 0.717) is 19.5 Å². The molecule has 8 heteroatoms. The van der Waals surface area contributed by atoms with Crippen molar-refractivity contribution in [1.82, 2.24) is 4.90 Å². The van der Waals surface area contributed by atoms with Crippen LogP contribution < -0.4 is 0 Å². The minimum absolute atomic E-state index is 0.0523. The Labute approximate surface area is 142 Å². The first-order chi connectivity index (χ1) is 11.4. The van der Waals surface area contributed by atoms with Crippen molar-refractivity contribution in [1.29, 1.82) is 0 Å². The molecule has 3 saturated heterocycles. The van der Waals surface area contributed by atoms with Gasteiger partial charge in [0, 0.05) is 39.8 Å². The summed E-state index contributed by atoms with van der Waals surface area (Å²) >= 11 is 0. The number of ketones is 1. The van der Waals surface area contributed by atoms with E-state index in [9.17, 15) is 4.79 Å². The first-order valence-corrected chi connectivity index (χ1v) is 8.28. The van der Waals surface area contributed by atoms with E-state index in [1.807, 2.05) is 13.8 Å². The first kappa shape index (κ1) is 18.2. The molecule has 0 N–H and O–H groups in total. The van der Waals surface area contributed by atoms with Crippen molar-refractivity contribution in [2.45, 2.75) is 56.5 Å². The summed E-state index contributed by atoms with van der Waals surface area (Å²) in [5, 5.41) is 0. The lowest BCUT2D eigenvalue weighted by molar-refractivity contribution is -0.161. The maximum atomic E-state index is 12.7. The van der Waals surface area contributed by atoms with E-state index >= 15 is 0 Å². The lowest BCUT2D eigenvalue weighted by Gasteiger charge is -2.27. The van der Waals surface area contributed by atoms with Crippen molar-refractivity contribution in [3.63, 3.8) is 0 Å². The van der Waals surface area contributed by atoms with E-state index < -0.39 is 11.9 Å². The zero-order valence-electron chi connectivity index (χ0n) is 14.7. The second-order valence-electron chi connectivity index (χ2n) is 6.94. The van der Waals surface area contributed by atoms with E-state index in [1.54, 1.807) is 14.2 Å². The van der Waals surface area contributed by atoms with Gasteiger partial charge >= 0.3 is 0 Å². The van der Waals surface area contributed by atoms with Crippen molar-refractivity contribution >= 4 is 5.78 Å². The van der Waals surface area contributed by atoms with Crippen molar-refractivity contribution in [2.75, 3.05) is 40.9 Å². The Morgan fingerprint density at radius 3 is 2.54 bits per heavy atom. The maximum Gasteiger partial charge on any atom is 0.166 e. The third-order valence-corrected chi connectivity index (χ3v) is 4.73.